The van der Waals surface area contributed by atoms with Gasteiger partial charge in [-0.25, -0.2) is 9.18 Å². The third-order valence-electron chi connectivity index (χ3n) is 3.68. The van der Waals surface area contributed by atoms with Crippen molar-refractivity contribution in [2.75, 3.05) is 20.8 Å². The van der Waals surface area contributed by atoms with Crippen LogP contribution in [0.2, 0.25) is 0 Å². The highest BCUT2D eigenvalue weighted by atomic mass is 19.1. The van der Waals surface area contributed by atoms with Crippen LogP contribution in [-0.4, -0.2) is 32.7 Å². The summed E-state index contributed by atoms with van der Waals surface area (Å²) >= 11 is 0. The van der Waals surface area contributed by atoms with Crippen molar-refractivity contribution in [2.24, 2.45) is 0 Å². The smallest absolute Gasteiger partial charge is 0.338 e. The van der Waals surface area contributed by atoms with E-state index in [1.807, 2.05) is 0 Å². The number of rotatable bonds is 7. The Hall–Kier alpha value is -3.09. The summed E-state index contributed by atoms with van der Waals surface area (Å²) < 4.78 is 28.5. The molecule has 0 aliphatic rings. The first kappa shape index (κ1) is 19.2. The van der Waals surface area contributed by atoms with E-state index in [-0.39, 0.29) is 5.56 Å². The summed E-state index contributed by atoms with van der Waals surface area (Å²) in [7, 11) is 3.07. The van der Waals surface area contributed by atoms with Crippen LogP contribution in [0, 0.1) is 5.82 Å². The second-order valence-electron chi connectivity index (χ2n) is 5.48. The number of benzene rings is 2. The van der Waals surface area contributed by atoms with E-state index in [2.05, 4.69) is 5.32 Å². The van der Waals surface area contributed by atoms with E-state index in [0.717, 1.165) is 11.6 Å². The number of ether oxygens (including phenoxy) is 3. The monoisotopic (exact) mass is 361 g/mol. The Labute approximate surface area is 150 Å². The van der Waals surface area contributed by atoms with Crippen molar-refractivity contribution in [1.29, 1.82) is 0 Å². The lowest BCUT2D eigenvalue weighted by atomic mass is 10.1. The molecule has 26 heavy (non-hydrogen) atoms. The maximum atomic E-state index is 13.1. The zero-order valence-corrected chi connectivity index (χ0v) is 14.7. The highest BCUT2D eigenvalue weighted by Gasteiger charge is 2.17. The number of amides is 1. The molecule has 1 amide bonds. The van der Waals surface area contributed by atoms with Gasteiger partial charge in [0.2, 0.25) is 0 Å². The Kier molecular flexibility index (Phi) is 6.54. The number of esters is 1. The van der Waals surface area contributed by atoms with Crippen LogP contribution < -0.4 is 14.8 Å². The highest BCUT2D eigenvalue weighted by molar-refractivity contribution is 5.91. The maximum absolute atomic E-state index is 13.1. The molecule has 2 aromatic carbocycles. The fourth-order valence-electron chi connectivity index (χ4n) is 2.37. The molecule has 0 bridgehead atoms. The van der Waals surface area contributed by atoms with Crippen molar-refractivity contribution in [3.05, 3.63) is 59.4 Å². The number of hydrogen-bond donors (Lipinski definition) is 1. The lowest BCUT2D eigenvalue weighted by molar-refractivity contribution is -0.124. The molecule has 2 aromatic rings. The fraction of sp³-hybridized carbons (Fsp3) is 0.263. The van der Waals surface area contributed by atoms with Crippen molar-refractivity contribution < 1.29 is 28.2 Å². The van der Waals surface area contributed by atoms with Gasteiger partial charge in [-0.1, -0.05) is 6.07 Å². The summed E-state index contributed by atoms with van der Waals surface area (Å²) in [5.41, 5.74) is 0.761. The maximum Gasteiger partial charge on any atom is 0.338 e. The van der Waals surface area contributed by atoms with Crippen LogP contribution in [0.3, 0.4) is 0 Å². The molecule has 0 aliphatic heterocycles. The van der Waals surface area contributed by atoms with Gasteiger partial charge in [0, 0.05) is 5.56 Å². The highest BCUT2D eigenvalue weighted by Crippen LogP contribution is 2.29. The van der Waals surface area contributed by atoms with E-state index in [0.29, 0.717) is 11.5 Å². The fourth-order valence-corrected chi connectivity index (χ4v) is 2.37. The van der Waals surface area contributed by atoms with E-state index >= 15 is 0 Å². The molecule has 6 nitrogen and oxygen atoms in total. The predicted molar refractivity (Wildman–Crippen MR) is 92.8 cm³/mol. The summed E-state index contributed by atoms with van der Waals surface area (Å²) in [5, 5.41) is 2.71. The lowest BCUT2D eigenvalue weighted by Gasteiger charge is -2.18. The van der Waals surface area contributed by atoms with Gasteiger partial charge in [-0.15, -0.1) is 0 Å². The quantitative estimate of drug-likeness (QED) is 0.768. The van der Waals surface area contributed by atoms with Crippen LogP contribution in [0.1, 0.15) is 28.9 Å². The van der Waals surface area contributed by atoms with E-state index in [1.165, 1.54) is 25.3 Å². The largest absolute Gasteiger partial charge is 0.497 e. The van der Waals surface area contributed by atoms with Crippen molar-refractivity contribution in [2.45, 2.75) is 13.0 Å². The van der Waals surface area contributed by atoms with Gasteiger partial charge < -0.3 is 19.5 Å². The van der Waals surface area contributed by atoms with Crippen molar-refractivity contribution in [3.8, 4) is 11.5 Å². The Morgan fingerprint density at radius 1 is 1.12 bits per heavy atom. The van der Waals surface area contributed by atoms with Gasteiger partial charge >= 0.3 is 5.97 Å². The molecular formula is C19H20FNO5. The predicted octanol–water partition coefficient (Wildman–Crippen LogP) is 2.88. The summed E-state index contributed by atoms with van der Waals surface area (Å²) in [6.45, 7) is 1.29. The van der Waals surface area contributed by atoms with Crippen LogP contribution in [0.15, 0.2) is 42.5 Å². The summed E-state index contributed by atoms with van der Waals surface area (Å²) in [4.78, 5) is 23.9. The van der Waals surface area contributed by atoms with E-state index in [4.69, 9.17) is 14.2 Å². The van der Waals surface area contributed by atoms with Crippen LogP contribution in [-0.2, 0) is 9.53 Å². The standard InChI is InChI=1S/C19H20FNO5/c1-12(16-10-15(24-2)7-8-17(16)25-3)21-18(22)11-26-19(23)13-5-4-6-14(20)9-13/h4-10,12H,11H2,1-3H3,(H,21,22)/t12-/m1/s1. The van der Waals surface area contributed by atoms with E-state index in [9.17, 15) is 14.0 Å². The molecule has 0 radical (unpaired) electrons. The second kappa shape index (κ2) is 8.84. The first-order valence-electron chi connectivity index (χ1n) is 7.88. The first-order valence-corrected chi connectivity index (χ1v) is 7.88. The van der Waals surface area contributed by atoms with Gasteiger partial charge in [0.15, 0.2) is 6.61 Å². The molecule has 0 spiro atoms. The summed E-state index contributed by atoms with van der Waals surface area (Å²) in [6, 6.07) is 9.90. The van der Waals surface area contributed by atoms with E-state index in [1.54, 1.807) is 32.2 Å². The molecule has 0 unspecified atom stereocenters. The van der Waals surface area contributed by atoms with Gasteiger partial charge in [-0.05, 0) is 43.3 Å². The number of methoxy groups -OCH3 is 2. The SMILES string of the molecule is COc1ccc(OC)c([C@@H](C)NC(=O)COC(=O)c2cccc(F)c2)c1. The van der Waals surface area contributed by atoms with Crippen molar-refractivity contribution in [3.63, 3.8) is 0 Å². The van der Waals surface area contributed by atoms with Gasteiger partial charge in [-0.3, -0.25) is 4.79 Å². The Bertz CT molecular complexity index is 793. The molecule has 0 fully saturated rings. The molecule has 1 atom stereocenters. The van der Waals surface area contributed by atoms with Crippen molar-refractivity contribution >= 4 is 11.9 Å². The zero-order chi connectivity index (χ0) is 19.1. The topological polar surface area (TPSA) is 73.9 Å². The molecule has 2 rings (SSSR count). The minimum atomic E-state index is -0.772. The molecule has 0 saturated carbocycles. The number of carbonyl (C=O) groups excluding carboxylic acids is 2. The number of hydrogen-bond acceptors (Lipinski definition) is 5. The average molecular weight is 361 g/mol. The zero-order valence-electron chi connectivity index (χ0n) is 14.7. The van der Waals surface area contributed by atoms with Gasteiger partial charge in [0.25, 0.3) is 5.91 Å². The number of carbonyl (C=O) groups is 2. The molecule has 7 heteroatoms. The minimum absolute atomic E-state index is 0.0420. The number of halogens is 1. The Morgan fingerprint density at radius 3 is 2.54 bits per heavy atom. The Balaban J connectivity index is 1.96. The van der Waals surface area contributed by atoms with Crippen LogP contribution in [0.5, 0.6) is 11.5 Å². The number of nitrogens with one attached hydrogen (secondary N) is 1. The third kappa shape index (κ3) is 4.95. The average Bonchev–Trinajstić information content (AvgIpc) is 2.65. The van der Waals surface area contributed by atoms with Crippen LogP contribution in [0.25, 0.3) is 0 Å². The van der Waals surface area contributed by atoms with Gasteiger partial charge in [-0.2, -0.15) is 0 Å². The molecule has 0 aromatic heterocycles. The van der Waals surface area contributed by atoms with Crippen LogP contribution >= 0.6 is 0 Å². The Morgan fingerprint density at radius 2 is 1.88 bits per heavy atom. The third-order valence-corrected chi connectivity index (χ3v) is 3.68. The van der Waals surface area contributed by atoms with Gasteiger partial charge in [0.1, 0.15) is 17.3 Å². The minimum Gasteiger partial charge on any atom is -0.497 e. The van der Waals surface area contributed by atoms with Crippen molar-refractivity contribution in [1.82, 2.24) is 5.32 Å². The molecule has 0 aliphatic carbocycles. The molecule has 1 N–H and O–H groups in total. The molecular weight excluding hydrogens is 341 g/mol. The molecule has 0 heterocycles. The first-order chi connectivity index (χ1) is 12.4. The molecule has 0 saturated heterocycles. The molecule has 138 valence electrons. The van der Waals surface area contributed by atoms with E-state index < -0.39 is 30.3 Å². The van der Waals surface area contributed by atoms with Gasteiger partial charge in [0.05, 0.1) is 25.8 Å². The second-order valence-corrected chi connectivity index (χ2v) is 5.48. The summed E-state index contributed by atoms with van der Waals surface area (Å²) in [5.74, 6) is -0.601. The summed E-state index contributed by atoms with van der Waals surface area (Å²) in [6.07, 6.45) is 0. The lowest BCUT2D eigenvalue weighted by Crippen LogP contribution is -2.31. The van der Waals surface area contributed by atoms with Crippen LogP contribution in [0.4, 0.5) is 4.39 Å². The normalized spacial score (nSPS) is 11.4.